The van der Waals surface area contributed by atoms with E-state index >= 15 is 0 Å². The minimum Gasteiger partial charge on any atom is -0.490 e. The number of halogens is 5. The number of anilines is 1. The van der Waals surface area contributed by atoms with Crippen LogP contribution in [-0.4, -0.2) is 29.4 Å². The van der Waals surface area contributed by atoms with Gasteiger partial charge in [-0.2, -0.15) is 13.2 Å². The molecule has 1 heterocycles. The Labute approximate surface area is 251 Å². The highest BCUT2D eigenvalue weighted by molar-refractivity contribution is 14.1. The van der Waals surface area contributed by atoms with Crippen LogP contribution in [0.3, 0.4) is 0 Å². The number of nitrogens with one attached hydrogen (secondary N) is 1. The van der Waals surface area contributed by atoms with Crippen molar-refractivity contribution in [3.63, 3.8) is 0 Å². The van der Waals surface area contributed by atoms with E-state index in [1.54, 1.807) is 19.1 Å². The van der Waals surface area contributed by atoms with Gasteiger partial charge in [0.1, 0.15) is 5.57 Å². The Balaban J connectivity index is 1.74. The van der Waals surface area contributed by atoms with E-state index in [1.807, 2.05) is 22.6 Å². The zero-order valence-corrected chi connectivity index (χ0v) is 24.4. The number of rotatable bonds is 7. The van der Waals surface area contributed by atoms with Crippen LogP contribution in [0.2, 0.25) is 0 Å². The van der Waals surface area contributed by atoms with Crippen LogP contribution in [0.1, 0.15) is 18.1 Å². The second-order valence-corrected chi connectivity index (χ2v) is 10.3. The number of imide groups is 2. The molecule has 0 atom stereocenters. The Bertz CT molecular complexity index is 1610. The number of hydrogen-bond donors (Lipinski definition) is 1. The van der Waals surface area contributed by atoms with E-state index in [0.717, 1.165) is 11.0 Å². The number of carbonyl (C=O) groups is 3. The van der Waals surface area contributed by atoms with Crippen molar-refractivity contribution < 1.29 is 42.0 Å². The maximum Gasteiger partial charge on any atom is 0.416 e. The van der Waals surface area contributed by atoms with Crippen LogP contribution in [0.4, 0.5) is 29.3 Å². The van der Waals surface area contributed by atoms with Crippen molar-refractivity contribution in [1.82, 2.24) is 5.32 Å². The maximum atomic E-state index is 13.2. The average molecular weight is 746 g/mol. The molecule has 212 valence electrons. The molecule has 0 bridgehead atoms. The van der Waals surface area contributed by atoms with Crippen LogP contribution < -0.4 is 19.7 Å². The largest absolute Gasteiger partial charge is 0.490 e. The predicted molar refractivity (Wildman–Crippen MR) is 152 cm³/mol. The average Bonchev–Trinajstić information content (AvgIpc) is 2.89. The molecule has 4 amide bonds. The molecule has 0 unspecified atom stereocenters. The molecule has 4 rings (SSSR count). The lowest BCUT2D eigenvalue weighted by molar-refractivity contribution is -0.385. The van der Waals surface area contributed by atoms with E-state index in [0.29, 0.717) is 20.2 Å². The van der Waals surface area contributed by atoms with Gasteiger partial charge in [-0.3, -0.25) is 25.0 Å². The lowest BCUT2D eigenvalue weighted by Gasteiger charge is -2.26. The molecule has 1 N–H and O–H groups in total. The van der Waals surface area contributed by atoms with Gasteiger partial charge in [0.2, 0.25) is 5.75 Å². The summed E-state index contributed by atoms with van der Waals surface area (Å²) >= 11 is 5.08. The Hall–Kier alpha value is -3.99. The lowest BCUT2D eigenvalue weighted by Crippen LogP contribution is -2.54. The molecular weight excluding hydrogens is 730 g/mol. The monoisotopic (exact) mass is 745 g/mol. The first kappa shape index (κ1) is 30.0. The number of amides is 4. The number of ether oxygens (including phenoxy) is 2. The highest BCUT2D eigenvalue weighted by Gasteiger charge is 2.37. The summed E-state index contributed by atoms with van der Waals surface area (Å²) in [6, 6.07) is 10.0. The first-order chi connectivity index (χ1) is 19.3. The van der Waals surface area contributed by atoms with E-state index in [4.69, 9.17) is 9.47 Å². The van der Waals surface area contributed by atoms with Crippen molar-refractivity contribution in [3.05, 3.63) is 89.5 Å². The molecule has 0 saturated carbocycles. The quantitative estimate of drug-likeness (QED) is 0.0923. The van der Waals surface area contributed by atoms with Crippen molar-refractivity contribution in [3.8, 4) is 17.2 Å². The van der Waals surface area contributed by atoms with Crippen LogP contribution in [0.15, 0.2) is 64.6 Å². The molecule has 0 aromatic heterocycles. The number of alkyl halides is 3. The fourth-order valence-corrected chi connectivity index (χ4v) is 4.71. The summed E-state index contributed by atoms with van der Waals surface area (Å²) in [5.74, 6) is -2.27. The Morgan fingerprint density at radius 1 is 1.07 bits per heavy atom. The summed E-state index contributed by atoms with van der Waals surface area (Å²) in [6.45, 7) is 1.75. The number of nitro benzene ring substituents is 1. The van der Waals surface area contributed by atoms with Gasteiger partial charge in [-0.15, -0.1) is 0 Å². The molecule has 1 saturated heterocycles. The lowest BCUT2D eigenvalue weighted by atomic mass is 10.1. The third-order valence-corrected chi connectivity index (χ3v) is 6.85. The van der Waals surface area contributed by atoms with Gasteiger partial charge in [-0.1, -0.05) is 15.9 Å². The van der Waals surface area contributed by atoms with Crippen LogP contribution in [0, 0.1) is 13.7 Å². The zero-order valence-electron chi connectivity index (χ0n) is 20.6. The number of nitro groups is 1. The molecular formula is C26H16BrF3IN3O7. The van der Waals surface area contributed by atoms with Crippen molar-refractivity contribution in [2.75, 3.05) is 11.5 Å². The molecule has 3 aromatic carbocycles. The first-order valence-corrected chi connectivity index (χ1v) is 13.3. The third-order valence-electron chi connectivity index (χ3n) is 5.52. The Morgan fingerprint density at radius 3 is 2.37 bits per heavy atom. The Kier molecular flexibility index (Phi) is 8.67. The van der Waals surface area contributed by atoms with Gasteiger partial charge in [0.25, 0.3) is 11.8 Å². The number of barbiturate groups is 1. The summed E-state index contributed by atoms with van der Waals surface area (Å²) in [7, 11) is 0. The molecule has 0 radical (unpaired) electrons. The predicted octanol–water partition coefficient (Wildman–Crippen LogP) is 6.84. The van der Waals surface area contributed by atoms with Gasteiger partial charge in [-0.25, -0.2) is 9.69 Å². The number of hydrogen-bond acceptors (Lipinski definition) is 7. The second-order valence-electron chi connectivity index (χ2n) is 8.24. The minimum absolute atomic E-state index is 0.0324. The van der Waals surface area contributed by atoms with Crippen molar-refractivity contribution in [1.29, 1.82) is 0 Å². The van der Waals surface area contributed by atoms with Gasteiger partial charge in [0.15, 0.2) is 11.5 Å². The van der Waals surface area contributed by atoms with Crippen molar-refractivity contribution in [2.24, 2.45) is 0 Å². The van der Waals surface area contributed by atoms with Gasteiger partial charge < -0.3 is 9.47 Å². The number of urea groups is 1. The van der Waals surface area contributed by atoms with E-state index < -0.39 is 45.9 Å². The van der Waals surface area contributed by atoms with Crippen molar-refractivity contribution >= 4 is 73.8 Å². The smallest absolute Gasteiger partial charge is 0.416 e. The molecule has 0 aliphatic carbocycles. The van der Waals surface area contributed by atoms with Gasteiger partial charge in [-0.05, 0) is 89.7 Å². The van der Waals surface area contributed by atoms with E-state index in [1.165, 1.54) is 30.3 Å². The standard InChI is InChI=1S/C26H16BrF3IN3O7/c1-2-40-21-11-13(9-17-23(35)32-25(37)33(24(17)36)16-6-4-15(27)5-7-16)10-18(31)22(21)41-20-8-3-14(26(28,29)30)12-19(20)34(38)39/h3-12H,2H2,1H3,(H,32,35,37)/b17-9+. The van der Waals surface area contributed by atoms with Crippen LogP contribution in [0.25, 0.3) is 6.08 Å². The SMILES string of the molecule is CCOc1cc(/C=C2\C(=O)NC(=O)N(c3ccc(Br)cc3)C2=O)cc(I)c1Oc1ccc(C(F)(F)F)cc1[N+](=O)[O-]. The van der Waals surface area contributed by atoms with Crippen LogP contribution >= 0.6 is 38.5 Å². The molecule has 1 aliphatic heterocycles. The molecule has 1 aliphatic rings. The summed E-state index contributed by atoms with van der Waals surface area (Å²) in [5.41, 5.74) is -2.00. The van der Waals surface area contributed by atoms with E-state index in [2.05, 4.69) is 21.2 Å². The minimum atomic E-state index is -4.80. The molecule has 15 heteroatoms. The second kappa shape index (κ2) is 11.9. The molecule has 10 nitrogen and oxygen atoms in total. The summed E-state index contributed by atoms with van der Waals surface area (Å²) in [6.07, 6.45) is -3.57. The highest BCUT2D eigenvalue weighted by Crippen LogP contribution is 2.42. The van der Waals surface area contributed by atoms with Gasteiger partial charge in [0, 0.05) is 10.5 Å². The topological polar surface area (TPSA) is 128 Å². The summed E-state index contributed by atoms with van der Waals surface area (Å²) in [5, 5.41) is 13.6. The highest BCUT2D eigenvalue weighted by atomic mass is 127. The van der Waals surface area contributed by atoms with Crippen LogP contribution in [0.5, 0.6) is 17.2 Å². The van der Waals surface area contributed by atoms with Crippen molar-refractivity contribution in [2.45, 2.75) is 13.1 Å². The summed E-state index contributed by atoms with van der Waals surface area (Å²) in [4.78, 5) is 49.6. The zero-order chi connectivity index (χ0) is 30.1. The van der Waals surface area contributed by atoms with Gasteiger partial charge >= 0.3 is 17.9 Å². The fourth-order valence-electron chi connectivity index (χ4n) is 3.71. The molecule has 3 aromatic rings. The van der Waals surface area contributed by atoms with Crippen LogP contribution in [-0.2, 0) is 15.8 Å². The molecule has 1 fully saturated rings. The molecule has 41 heavy (non-hydrogen) atoms. The number of benzene rings is 3. The Morgan fingerprint density at radius 2 is 1.76 bits per heavy atom. The van der Waals surface area contributed by atoms with E-state index in [9.17, 15) is 37.7 Å². The normalized spacial score (nSPS) is 14.7. The molecule has 0 spiro atoms. The van der Waals surface area contributed by atoms with Gasteiger partial charge in [0.05, 0.1) is 26.4 Å². The fraction of sp³-hybridized carbons (Fsp3) is 0.115. The number of carbonyl (C=O) groups excluding carboxylic acids is 3. The van der Waals surface area contributed by atoms with E-state index in [-0.39, 0.29) is 34.9 Å². The maximum absolute atomic E-state index is 13.2. The third kappa shape index (κ3) is 6.51. The summed E-state index contributed by atoms with van der Waals surface area (Å²) < 4.78 is 51.6. The first-order valence-electron chi connectivity index (χ1n) is 11.5. The number of nitrogens with zero attached hydrogens (tertiary/aromatic N) is 2.